The largest absolute Gasteiger partial charge is 0.382 e. The molecule has 1 saturated carbocycles. The fraction of sp³-hybridized carbons (Fsp3) is 0.455. The Morgan fingerprint density at radius 2 is 2.00 bits per heavy atom. The third-order valence-corrected chi connectivity index (χ3v) is 4.04. The summed E-state index contributed by atoms with van der Waals surface area (Å²) in [7, 11) is 0. The van der Waals surface area contributed by atoms with Gasteiger partial charge in [-0.1, -0.05) is 24.4 Å². The van der Waals surface area contributed by atoms with Crippen LogP contribution >= 0.6 is 27.5 Å². The Morgan fingerprint density at radius 3 is 2.60 bits per heavy atom. The van der Waals surface area contributed by atoms with Gasteiger partial charge in [-0.15, -0.1) is 0 Å². The van der Waals surface area contributed by atoms with Crippen LogP contribution in [0.4, 0.5) is 10.1 Å². The van der Waals surface area contributed by atoms with Crippen molar-refractivity contribution in [1.29, 1.82) is 0 Å². The molecule has 82 valence electrons. The highest BCUT2D eigenvalue weighted by molar-refractivity contribution is 9.10. The number of rotatable bonds is 2. The van der Waals surface area contributed by atoms with Crippen LogP contribution < -0.4 is 5.32 Å². The zero-order valence-electron chi connectivity index (χ0n) is 8.19. The van der Waals surface area contributed by atoms with Crippen LogP contribution in [0.1, 0.15) is 25.7 Å². The van der Waals surface area contributed by atoms with Gasteiger partial charge in [0, 0.05) is 11.7 Å². The maximum atomic E-state index is 13.3. The average molecular weight is 293 g/mol. The molecular formula is C11H12BrClFN. The van der Waals surface area contributed by atoms with Crippen molar-refractivity contribution in [2.75, 3.05) is 5.32 Å². The van der Waals surface area contributed by atoms with Crippen molar-refractivity contribution in [3.8, 4) is 0 Å². The second kappa shape index (κ2) is 4.71. The van der Waals surface area contributed by atoms with E-state index in [4.69, 9.17) is 11.6 Å². The zero-order valence-corrected chi connectivity index (χ0v) is 10.5. The maximum absolute atomic E-state index is 13.3. The van der Waals surface area contributed by atoms with Gasteiger partial charge < -0.3 is 5.32 Å². The summed E-state index contributed by atoms with van der Waals surface area (Å²) in [5, 5.41) is 3.72. The molecule has 0 aliphatic heterocycles. The Bertz CT molecular complexity index is 341. The van der Waals surface area contributed by atoms with Gasteiger partial charge in [0.1, 0.15) is 5.82 Å². The van der Waals surface area contributed by atoms with E-state index in [1.54, 1.807) is 6.07 Å². The molecule has 0 saturated heterocycles. The Kier molecular flexibility index (Phi) is 3.52. The second-order valence-electron chi connectivity index (χ2n) is 3.88. The van der Waals surface area contributed by atoms with Crippen molar-refractivity contribution in [3.63, 3.8) is 0 Å². The number of anilines is 1. The van der Waals surface area contributed by atoms with Crippen molar-refractivity contribution in [1.82, 2.24) is 0 Å². The first-order chi connectivity index (χ1) is 7.16. The highest BCUT2D eigenvalue weighted by atomic mass is 79.9. The van der Waals surface area contributed by atoms with Crippen LogP contribution in [0.2, 0.25) is 5.02 Å². The van der Waals surface area contributed by atoms with Crippen molar-refractivity contribution >= 4 is 33.2 Å². The third-order valence-electron chi connectivity index (χ3n) is 2.71. The lowest BCUT2D eigenvalue weighted by atomic mass is 10.2. The van der Waals surface area contributed by atoms with E-state index in [-0.39, 0.29) is 5.82 Å². The van der Waals surface area contributed by atoms with Gasteiger partial charge in [0.2, 0.25) is 0 Å². The smallest absolute Gasteiger partial charge is 0.140 e. The predicted octanol–water partition coefficient (Wildman–Crippen LogP) is 4.60. The van der Waals surface area contributed by atoms with Gasteiger partial charge in [0.15, 0.2) is 0 Å². The average Bonchev–Trinajstić information content (AvgIpc) is 2.66. The number of hydrogen-bond acceptors (Lipinski definition) is 1. The minimum atomic E-state index is -0.317. The minimum Gasteiger partial charge on any atom is -0.382 e. The lowest BCUT2D eigenvalue weighted by molar-refractivity contribution is 0.621. The molecular weight excluding hydrogens is 280 g/mol. The van der Waals surface area contributed by atoms with Crippen LogP contribution in [-0.2, 0) is 0 Å². The molecule has 1 aromatic rings. The molecule has 1 nitrogen and oxygen atoms in total. The van der Waals surface area contributed by atoms with Gasteiger partial charge >= 0.3 is 0 Å². The molecule has 1 N–H and O–H groups in total. The first kappa shape index (κ1) is 11.2. The summed E-state index contributed by atoms with van der Waals surface area (Å²) in [5.41, 5.74) is 0.771. The molecule has 0 heterocycles. The molecule has 2 rings (SSSR count). The van der Waals surface area contributed by atoms with Crippen molar-refractivity contribution in [3.05, 3.63) is 27.4 Å². The summed E-state index contributed by atoms with van der Waals surface area (Å²) in [5.74, 6) is -0.317. The molecule has 4 heteroatoms. The van der Waals surface area contributed by atoms with Crippen LogP contribution in [0.3, 0.4) is 0 Å². The molecule has 0 spiro atoms. The predicted molar refractivity (Wildman–Crippen MR) is 65.0 cm³/mol. The monoisotopic (exact) mass is 291 g/mol. The molecule has 0 atom stereocenters. The van der Waals surface area contributed by atoms with Gasteiger partial charge in [-0.3, -0.25) is 0 Å². The van der Waals surface area contributed by atoms with Crippen molar-refractivity contribution in [2.24, 2.45) is 0 Å². The standard InChI is InChI=1S/C11H12BrClFN/c12-11-9(13)5-8(6-10(11)14)15-7-3-1-2-4-7/h5-7,15H,1-4H2. The van der Waals surface area contributed by atoms with E-state index in [0.717, 1.165) is 18.5 Å². The minimum absolute atomic E-state index is 0.317. The molecule has 0 unspecified atom stereocenters. The van der Waals surface area contributed by atoms with E-state index in [0.29, 0.717) is 15.5 Å². The van der Waals surface area contributed by atoms with Gasteiger partial charge in [-0.25, -0.2) is 4.39 Å². The van der Waals surface area contributed by atoms with Gasteiger partial charge in [0.05, 0.1) is 9.50 Å². The molecule has 0 aromatic heterocycles. The number of benzene rings is 1. The van der Waals surface area contributed by atoms with Crippen molar-refractivity contribution < 1.29 is 4.39 Å². The Morgan fingerprint density at radius 1 is 1.33 bits per heavy atom. The molecule has 1 aliphatic carbocycles. The normalized spacial score (nSPS) is 17.0. The van der Waals surface area contributed by atoms with Crippen LogP contribution in [0, 0.1) is 5.82 Å². The lowest BCUT2D eigenvalue weighted by Crippen LogP contribution is -2.14. The summed E-state index contributed by atoms with van der Waals surface area (Å²) >= 11 is 8.97. The Balaban J connectivity index is 2.14. The highest BCUT2D eigenvalue weighted by Crippen LogP contribution is 2.30. The number of nitrogens with one attached hydrogen (secondary N) is 1. The van der Waals surface area contributed by atoms with Crippen LogP contribution in [0.5, 0.6) is 0 Å². The molecule has 15 heavy (non-hydrogen) atoms. The topological polar surface area (TPSA) is 12.0 Å². The van der Waals surface area contributed by atoms with E-state index in [1.807, 2.05) is 0 Å². The highest BCUT2D eigenvalue weighted by Gasteiger charge is 2.15. The summed E-state index contributed by atoms with van der Waals surface area (Å²) in [6.45, 7) is 0. The van der Waals surface area contributed by atoms with Crippen LogP contribution in [0.25, 0.3) is 0 Å². The summed E-state index contributed by atoms with van der Waals surface area (Å²) in [6, 6.07) is 3.71. The third kappa shape index (κ3) is 2.64. The summed E-state index contributed by atoms with van der Waals surface area (Å²) in [6.07, 6.45) is 4.83. The molecule has 1 aliphatic rings. The fourth-order valence-electron chi connectivity index (χ4n) is 1.94. The first-order valence-electron chi connectivity index (χ1n) is 5.08. The summed E-state index contributed by atoms with van der Waals surface area (Å²) < 4.78 is 13.7. The SMILES string of the molecule is Fc1cc(NC2CCCC2)cc(Cl)c1Br. The van der Waals surface area contributed by atoms with E-state index >= 15 is 0 Å². The van der Waals surface area contributed by atoms with Crippen molar-refractivity contribution in [2.45, 2.75) is 31.7 Å². The summed E-state index contributed by atoms with van der Waals surface area (Å²) in [4.78, 5) is 0. The molecule has 0 amide bonds. The quantitative estimate of drug-likeness (QED) is 0.786. The van der Waals surface area contributed by atoms with Gasteiger partial charge in [0.25, 0.3) is 0 Å². The molecule has 0 bridgehead atoms. The molecule has 1 fully saturated rings. The number of halogens is 3. The van der Waals surface area contributed by atoms with E-state index in [1.165, 1.54) is 18.9 Å². The first-order valence-corrected chi connectivity index (χ1v) is 6.25. The maximum Gasteiger partial charge on any atom is 0.140 e. The Hall–Kier alpha value is -0.280. The van der Waals surface area contributed by atoms with Gasteiger partial charge in [-0.05, 0) is 40.9 Å². The number of hydrogen-bond donors (Lipinski definition) is 1. The second-order valence-corrected chi connectivity index (χ2v) is 5.08. The van der Waals surface area contributed by atoms with Crippen LogP contribution in [-0.4, -0.2) is 6.04 Å². The van der Waals surface area contributed by atoms with Crippen LogP contribution in [0.15, 0.2) is 16.6 Å². The van der Waals surface area contributed by atoms with E-state index in [2.05, 4.69) is 21.2 Å². The van der Waals surface area contributed by atoms with Gasteiger partial charge in [-0.2, -0.15) is 0 Å². The fourth-order valence-corrected chi connectivity index (χ4v) is 2.38. The zero-order chi connectivity index (χ0) is 10.8. The Labute approximate surface area is 102 Å². The molecule has 1 aromatic carbocycles. The lowest BCUT2D eigenvalue weighted by Gasteiger charge is -2.14. The molecule has 0 radical (unpaired) electrons. The van der Waals surface area contributed by atoms with E-state index < -0.39 is 0 Å². The van der Waals surface area contributed by atoms with E-state index in [9.17, 15) is 4.39 Å².